The largest absolute Gasteiger partial charge is 0.491 e. The molecule has 0 aliphatic heterocycles. The highest BCUT2D eigenvalue weighted by atomic mass is 32.1. The third-order valence-electron chi connectivity index (χ3n) is 1.94. The van der Waals surface area contributed by atoms with Crippen LogP contribution in [0.25, 0.3) is 0 Å². The van der Waals surface area contributed by atoms with Crippen molar-refractivity contribution in [3.63, 3.8) is 0 Å². The molecule has 4 heteroatoms. The topological polar surface area (TPSA) is 27.7 Å². The standard InChI is InChI=1S/C12H18O3S/c1-13-10-11-3-2-4-12(9-11)15-6-5-14-7-8-16/h2-4,9,16H,5-8,10H2,1H3. The molecule has 0 amide bonds. The van der Waals surface area contributed by atoms with E-state index < -0.39 is 0 Å². The van der Waals surface area contributed by atoms with Crippen molar-refractivity contribution in [2.45, 2.75) is 6.61 Å². The Morgan fingerprint density at radius 2 is 2.06 bits per heavy atom. The molecule has 1 aromatic carbocycles. The fourth-order valence-electron chi connectivity index (χ4n) is 1.28. The van der Waals surface area contributed by atoms with Gasteiger partial charge in [-0.25, -0.2) is 0 Å². The summed E-state index contributed by atoms with van der Waals surface area (Å²) in [7, 11) is 1.68. The van der Waals surface area contributed by atoms with Crippen LogP contribution in [0.2, 0.25) is 0 Å². The van der Waals surface area contributed by atoms with Gasteiger partial charge in [0.2, 0.25) is 0 Å². The molecule has 16 heavy (non-hydrogen) atoms. The minimum absolute atomic E-state index is 0.560. The third-order valence-corrected chi connectivity index (χ3v) is 2.12. The smallest absolute Gasteiger partial charge is 0.119 e. The maximum absolute atomic E-state index is 5.53. The molecule has 0 saturated carbocycles. The predicted molar refractivity (Wildman–Crippen MR) is 67.3 cm³/mol. The van der Waals surface area contributed by atoms with E-state index in [1.807, 2.05) is 24.3 Å². The number of hydrogen-bond donors (Lipinski definition) is 1. The van der Waals surface area contributed by atoms with Gasteiger partial charge < -0.3 is 14.2 Å². The van der Waals surface area contributed by atoms with Crippen molar-refractivity contribution < 1.29 is 14.2 Å². The molecule has 0 bridgehead atoms. The Hall–Kier alpha value is -0.710. The Bertz CT molecular complexity index is 291. The van der Waals surface area contributed by atoms with Gasteiger partial charge in [0.25, 0.3) is 0 Å². The highest BCUT2D eigenvalue weighted by Crippen LogP contribution is 2.13. The van der Waals surface area contributed by atoms with E-state index in [0.29, 0.717) is 26.4 Å². The van der Waals surface area contributed by atoms with E-state index in [0.717, 1.165) is 17.1 Å². The molecule has 0 unspecified atom stereocenters. The van der Waals surface area contributed by atoms with Crippen LogP contribution in [-0.2, 0) is 16.1 Å². The number of thiol groups is 1. The maximum Gasteiger partial charge on any atom is 0.119 e. The first-order valence-corrected chi connectivity index (χ1v) is 5.89. The van der Waals surface area contributed by atoms with Crippen LogP contribution in [0.5, 0.6) is 5.75 Å². The van der Waals surface area contributed by atoms with Crippen LogP contribution in [-0.4, -0.2) is 32.7 Å². The molecule has 0 heterocycles. The van der Waals surface area contributed by atoms with Crippen molar-refractivity contribution in [3.05, 3.63) is 29.8 Å². The van der Waals surface area contributed by atoms with Gasteiger partial charge in [-0.1, -0.05) is 12.1 Å². The van der Waals surface area contributed by atoms with Crippen molar-refractivity contribution in [2.24, 2.45) is 0 Å². The van der Waals surface area contributed by atoms with Gasteiger partial charge in [-0.15, -0.1) is 0 Å². The lowest BCUT2D eigenvalue weighted by Gasteiger charge is -2.08. The van der Waals surface area contributed by atoms with E-state index in [1.54, 1.807) is 7.11 Å². The van der Waals surface area contributed by atoms with Crippen molar-refractivity contribution in [1.82, 2.24) is 0 Å². The van der Waals surface area contributed by atoms with Crippen LogP contribution in [0, 0.1) is 0 Å². The van der Waals surface area contributed by atoms with E-state index in [4.69, 9.17) is 14.2 Å². The van der Waals surface area contributed by atoms with Crippen LogP contribution in [0.3, 0.4) is 0 Å². The summed E-state index contributed by atoms with van der Waals surface area (Å²) in [6, 6.07) is 7.87. The first-order chi connectivity index (χ1) is 7.86. The average molecular weight is 242 g/mol. The van der Waals surface area contributed by atoms with E-state index in [1.165, 1.54) is 0 Å². The minimum atomic E-state index is 0.560. The highest BCUT2D eigenvalue weighted by molar-refractivity contribution is 7.80. The predicted octanol–water partition coefficient (Wildman–Crippen LogP) is 2.16. The molecule has 90 valence electrons. The number of rotatable bonds is 8. The maximum atomic E-state index is 5.53. The molecule has 0 fully saturated rings. The normalized spacial score (nSPS) is 10.4. The molecule has 0 radical (unpaired) electrons. The summed E-state index contributed by atoms with van der Waals surface area (Å²) in [4.78, 5) is 0. The SMILES string of the molecule is COCc1cccc(OCCOCCS)c1. The van der Waals surface area contributed by atoms with Crippen LogP contribution in [0.15, 0.2) is 24.3 Å². The Morgan fingerprint density at radius 3 is 2.81 bits per heavy atom. The fraction of sp³-hybridized carbons (Fsp3) is 0.500. The van der Waals surface area contributed by atoms with Crippen LogP contribution in [0.1, 0.15) is 5.56 Å². The number of methoxy groups -OCH3 is 1. The summed E-state index contributed by atoms with van der Waals surface area (Å²) in [5.41, 5.74) is 1.11. The first kappa shape index (κ1) is 13.4. The highest BCUT2D eigenvalue weighted by Gasteiger charge is 1.96. The van der Waals surface area contributed by atoms with Gasteiger partial charge in [0.1, 0.15) is 12.4 Å². The second kappa shape index (κ2) is 8.44. The second-order valence-electron chi connectivity index (χ2n) is 3.26. The van der Waals surface area contributed by atoms with Gasteiger partial charge >= 0.3 is 0 Å². The van der Waals surface area contributed by atoms with Gasteiger partial charge in [-0.2, -0.15) is 12.6 Å². The summed E-state index contributed by atoms with van der Waals surface area (Å²) < 4.78 is 15.8. The van der Waals surface area contributed by atoms with Crippen molar-refractivity contribution >= 4 is 12.6 Å². The quantitative estimate of drug-likeness (QED) is 0.559. The van der Waals surface area contributed by atoms with Gasteiger partial charge in [-0.3, -0.25) is 0 Å². The molecule has 1 aromatic rings. The van der Waals surface area contributed by atoms with Gasteiger partial charge in [0.05, 0.1) is 19.8 Å². The van der Waals surface area contributed by atoms with E-state index >= 15 is 0 Å². The zero-order valence-corrected chi connectivity index (χ0v) is 10.4. The first-order valence-electron chi connectivity index (χ1n) is 5.26. The Morgan fingerprint density at radius 1 is 1.19 bits per heavy atom. The summed E-state index contributed by atoms with van der Waals surface area (Å²) in [5, 5.41) is 0. The molecule has 0 aliphatic carbocycles. The minimum Gasteiger partial charge on any atom is -0.491 e. The zero-order chi connectivity index (χ0) is 11.6. The molecular weight excluding hydrogens is 224 g/mol. The van der Waals surface area contributed by atoms with E-state index in [9.17, 15) is 0 Å². The molecule has 0 aromatic heterocycles. The molecule has 0 spiro atoms. The number of ether oxygens (including phenoxy) is 3. The molecule has 0 N–H and O–H groups in total. The molecule has 0 atom stereocenters. The van der Waals surface area contributed by atoms with E-state index in [2.05, 4.69) is 12.6 Å². The fourth-order valence-corrected chi connectivity index (χ4v) is 1.41. The van der Waals surface area contributed by atoms with Crippen LogP contribution >= 0.6 is 12.6 Å². The monoisotopic (exact) mass is 242 g/mol. The second-order valence-corrected chi connectivity index (χ2v) is 3.71. The summed E-state index contributed by atoms with van der Waals surface area (Å²) in [6.45, 7) is 2.42. The van der Waals surface area contributed by atoms with Crippen molar-refractivity contribution in [2.75, 3.05) is 32.7 Å². The van der Waals surface area contributed by atoms with E-state index in [-0.39, 0.29) is 0 Å². The lowest BCUT2D eigenvalue weighted by molar-refractivity contribution is 0.112. The molecule has 3 nitrogen and oxygen atoms in total. The molecule has 0 aliphatic rings. The molecular formula is C12H18O3S. The summed E-state index contributed by atoms with van der Waals surface area (Å²) in [6.07, 6.45) is 0. The van der Waals surface area contributed by atoms with Gasteiger partial charge in [0.15, 0.2) is 0 Å². The van der Waals surface area contributed by atoms with Gasteiger partial charge in [-0.05, 0) is 17.7 Å². The Balaban J connectivity index is 2.27. The lowest BCUT2D eigenvalue weighted by atomic mass is 10.2. The molecule has 1 rings (SSSR count). The Kier molecular flexibility index (Phi) is 7.05. The lowest BCUT2D eigenvalue weighted by Crippen LogP contribution is -2.08. The van der Waals surface area contributed by atoms with Crippen LogP contribution < -0.4 is 4.74 Å². The number of hydrogen-bond acceptors (Lipinski definition) is 4. The van der Waals surface area contributed by atoms with Crippen molar-refractivity contribution in [1.29, 1.82) is 0 Å². The van der Waals surface area contributed by atoms with Crippen LogP contribution in [0.4, 0.5) is 0 Å². The summed E-state index contributed by atoms with van der Waals surface area (Å²) in [5.74, 6) is 1.59. The van der Waals surface area contributed by atoms with Crippen molar-refractivity contribution in [3.8, 4) is 5.75 Å². The molecule has 0 saturated heterocycles. The summed E-state index contributed by atoms with van der Waals surface area (Å²) >= 11 is 4.05. The zero-order valence-electron chi connectivity index (χ0n) is 9.52. The van der Waals surface area contributed by atoms with Gasteiger partial charge in [0, 0.05) is 12.9 Å². The number of benzene rings is 1. The third kappa shape index (κ3) is 5.39. The average Bonchev–Trinajstić information content (AvgIpc) is 2.30. The Labute approximate surface area is 102 Å².